The molecule has 2 atom stereocenters. The van der Waals surface area contributed by atoms with Crippen LogP contribution in [-0.4, -0.2) is 17.8 Å². The first kappa shape index (κ1) is 13.0. The van der Waals surface area contributed by atoms with Crippen molar-refractivity contribution < 1.29 is 5.11 Å². The number of aliphatic hydroxyl groups is 1. The summed E-state index contributed by atoms with van der Waals surface area (Å²) in [7, 11) is 0. The molecule has 0 spiro atoms. The molecule has 2 nitrogen and oxygen atoms in total. The lowest BCUT2D eigenvalue weighted by molar-refractivity contribution is -0.0228. The molecule has 2 heteroatoms. The van der Waals surface area contributed by atoms with Gasteiger partial charge < -0.3 is 10.8 Å². The highest BCUT2D eigenvalue weighted by Crippen LogP contribution is 2.42. The normalized spacial score (nSPS) is 32.2. The molecular weight excluding hydrogens is 186 g/mol. The molecule has 0 amide bonds. The number of nitrogens with two attached hydrogens (primary N) is 1. The Hall–Kier alpha value is -0.0800. The Labute approximate surface area is 94.2 Å². The first-order valence-corrected chi connectivity index (χ1v) is 6.56. The molecule has 1 aliphatic carbocycles. The van der Waals surface area contributed by atoms with Gasteiger partial charge in [-0.2, -0.15) is 0 Å². The third kappa shape index (κ3) is 2.94. The third-order valence-electron chi connectivity index (χ3n) is 4.37. The maximum atomic E-state index is 10.2. The van der Waals surface area contributed by atoms with Crippen LogP contribution in [0.3, 0.4) is 0 Å². The van der Waals surface area contributed by atoms with E-state index in [-0.39, 0.29) is 11.5 Å². The summed E-state index contributed by atoms with van der Waals surface area (Å²) in [5, 5.41) is 10.2. The Balaban J connectivity index is 2.65. The molecule has 1 saturated carbocycles. The van der Waals surface area contributed by atoms with Crippen molar-refractivity contribution in [2.75, 3.05) is 6.54 Å². The van der Waals surface area contributed by atoms with Crippen LogP contribution >= 0.6 is 0 Å². The summed E-state index contributed by atoms with van der Waals surface area (Å²) in [6, 6.07) is 0. The minimum atomic E-state index is -0.156. The SMILES string of the molecule is CCC(CC)CC1(CN)CCCCC1O. The first-order chi connectivity index (χ1) is 7.18. The van der Waals surface area contributed by atoms with Crippen molar-refractivity contribution in [2.24, 2.45) is 17.1 Å². The second-order valence-corrected chi connectivity index (χ2v) is 5.21. The number of rotatable bonds is 5. The smallest absolute Gasteiger partial charge is 0.0608 e. The molecule has 0 aromatic rings. The highest BCUT2D eigenvalue weighted by Gasteiger charge is 2.39. The van der Waals surface area contributed by atoms with Gasteiger partial charge in [-0.25, -0.2) is 0 Å². The van der Waals surface area contributed by atoms with Crippen molar-refractivity contribution in [1.29, 1.82) is 0 Å². The average molecular weight is 213 g/mol. The maximum absolute atomic E-state index is 10.2. The van der Waals surface area contributed by atoms with E-state index < -0.39 is 0 Å². The van der Waals surface area contributed by atoms with Gasteiger partial charge in [0, 0.05) is 12.0 Å². The van der Waals surface area contributed by atoms with Crippen LogP contribution in [0.25, 0.3) is 0 Å². The molecule has 0 bridgehead atoms. The van der Waals surface area contributed by atoms with Gasteiger partial charge in [0.25, 0.3) is 0 Å². The van der Waals surface area contributed by atoms with Crippen LogP contribution in [0.1, 0.15) is 58.8 Å². The van der Waals surface area contributed by atoms with Gasteiger partial charge in [-0.3, -0.25) is 0 Å². The van der Waals surface area contributed by atoms with Gasteiger partial charge in [-0.1, -0.05) is 39.5 Å². The lowest BCUT2D eigenvalue weighted by atomic mass is 9.66. The van der Waals surface area contributed by atoms with E-state index in [1.807, 2.05) is 0 Å². The summed E-state index contributed by atoms with van der Waals surface area (Å²) < 4.78 is 0. The van der Waals surface area contributed by atoms with Crippen LogP contribution in [0.4, 0.5) is 0 Å². The molecule has 0 heterocycles. The number of aliphatic hydroxyl groups excluding tert-OH is 1. The highest BCUT2D eigenvalue weighted by atomic mass is 16.3. The molecule has 2 unspecified atom stereocenters. The van der Waals surface area contributed by atoms with Crippen molar-refractivity contribution in [3.8, 4) is 0 Å². The van der Waals surface area contributed by atoms with Crippen LogP contribution in [0.2, 0.25) is 0 Å². The van der Waals surface area contributed by atoms with E-state index in [1.54, 1.807) is 0 Å². The third-order valence-corrected chi connectivity index (χ3v) is 4.37. The van der Waals surface area contributed by atoms with Gasteiger partial charge in [-0.05, 0) is 25.2 Å². The van der Waals surface area contributed by atoms with E-state index in [1.165, 1.54) is 25.7 Å². The minimum absolute atomic E-state index is 0.0366. The summed E-state index contributed by atoms with van der Waals surface area (Å²) in [5.74, 6) is 0.737. The van der Waals surface area contributed by atoms with Crippen molar-refractivity contribution in [2.45, 2.75) is 64.9 Å². The van der Waals surface area contributed by atoms with Crippen LogP contribution in [0.5, 0.6) is 0 Å². The summed E-state index contributed by atoms with van der Waals surface area (Å²) in [4.78, 5) is 0. The molecular formula is C13H27NO. The van der Waals surface area contributed by atoms with Crippen molar-refractivity contribution in [1.82, 2.24) is 0 Å². The Bertz CT molecular complexity index is 179. The lowest BCUT2D eigenvalue weighted by Crippen LogP contribution is -2.45. The van der Waals surface area contributed by atoms with Crippen molar-refractivity contribution in [3.05, 3.63) is 0 Å². The van der Waals surface area contributed by atoms with Gasteiger partial charge in [0.15, 0.2) is 0 Å². The zero-order valence-corrected chi connectivity index (χ0v) is 10.3. The van der Waals surface area contributed by atoms with Crippen molar-refractivity contribution in [3.63, 3.8) is 0 Å². The van der Waals surface area contributed by atoms with Crippen LogP contribution in [0.15, 0.2) is 0 Å². The predicted octanol–water partition coefficient (Wildman–Crippen LogP) is 2.69. The van der Waals surface area contributed by atoms with E-state index in [0.717, 1.165) is 25.2 Å². The largest absolute Gasteiger partial charge is 0.393 e. The average Bonchev–Trinajstić information content (AvgIpc) is 2.28. The van der Waals surface area contributed by atoms with Crippen LogP contribution in [-0.2, 0) is 0 Å². The van der Waals surface area contributed by atoms with Gasteiger partial charge in [0.05, 0.1) is 6.10 Å². The standard InChI is InChI=1S/C13H27NO/c1-3-11(4-2)9-13(10-14)8-6-5-7-12(13)15/h11-12,15H,3-10,14H2,1-2H3. The van der Waals surface area contributed by atoms with Crippen molar-refractivity contribution >= 4 is 0 Å². The van der Waals surface area contributed by atoms with E-state index in [4.69, 9.17) is 5.73 Å². The van der Waals surface area contributed by atoms with Gasteiger partial charge in [-0.15, -0.1) is 0 Å². The fourth-order valence-electron chi connectivity index (χ4n) is 3.00. The zero-order valence-electron chi connectivity index (χ0n) is 10.3. The molecule has 90 valence electrons. The Morgan fingerprint density at radius 1 is 1.33 bits per heavy atom. The fraction of sp³-hybridized carbons (Fsp3) is 1.00. The second kappa shape index (κ2) is 5.86. The topological polar surface area (TPSA) is 46.2 Å². The summed E-state index contributed by atoms with van der Waals surface area (Å²) in [5.41, 5.74) is 5.96. The maximum Gasteiger partial charge on any atom is 0.0608 e. The number of hydrogen-bond donors (Lipinski definition) is 2. The van der Waals surface area contributed by atoms with Crippen LogP contribution in [0, 0.1) is 11.3 Å². The quantitative estimate of drug-likeness (QED) is 0.737. The van der Waals surface area contributed by atoms with E-state index >= 15 is 0 Å². The Morgan fingerprint density at radius 3 is 2.47 bits per heavy atom. The Morgan fingerprint density at radius 2 is 2.00 bits per heavy atom. The summed E-state index contributed by atoms with van der Waals surface area (Å²) in [6.45, 7) is 5.14. The van der Waals surface area contributed by atoms with Crippen LogP contribution < -0.4 is 5.73 Å². The molecule has 3 N–H and O–H groups in total. The summed E-state index contributed by atoms with van der Waals surface area (Å²) in [6.07, 6.45) is 7.89. The molecule has 15 heavy (non-hydrogen) atoms. The highest BCUT2D eigenvalue weighted by molar-refractivity contribution is 4.92. The summed E-state index contributed by atoms with van der Waals surface area (Å²) >= 11 is 0. The molecule has 0 aromatic carbocycles. The molecule has 0 radical (unpaired) electrons. The van der Waals surface area contributed by atoms with E-state index in [0.29, 0.717) is 6.54 Å². The zero-order chi connectivity index (χ0) is 11.3. The molecule has 0 aliphatic heterocycles. The molecule has 1 aliphatic rings. The lowest BCUT2D eigenvalue weighted by Gasteiger charge is -2.42. The molecule has 1 rings (SSSR count). The van der Waals surface area contributed by atoms with E-state index in [2.05, 4.69) is 13.8 Å². The first-order valence-electron chi connectivity index (χ1n) is 6.56. The van der Waals surface area contributed by atoms with E-state index in [9.17, 15) is 5.11 Å². The monoisotopic (exact) mass is 213 g/mol. The van der Waals surface area contributed by atoms with Gasteiger partial charge in [0.2, 0.25) is 0 Å². The Kier molecular flexibility index (Phi) is 5.07. The van der Waals surface area contributed by atoms with Gasteiger partial charge in [0.1, 0.15) is 0 Å². The molecule has 1 fully saturated rings. The van der Waals surface area contributed by atoms with Gasteiger partial charge >= 0.3 is 0 Å². The minimum Gasteiger partial charge on any atom is -0.393 e. The number of hydrogen-bond acceptors (Lipinski definition) is 2. The second-order valence-electron chi connectivity index (χ2n) is 5.21. The molecule has 0 saturated heterocycles. The molecule has 0 aromatic heterocycles. The fourth-order valence-corrected chi connectivity index (χ4v) is 3.00. The predicted molar refractivity (Wildman–Crippen MR) is 64.7 cm³/mol.